The fourth-order valence-electron chi connectivity index (χ4n) is 2.39. The molecule has 1 N–H and O–H groups in total. The van der Waals surface area contributed by atoms with Gasteiger partial charge in [0, 0.05) is 35.4 Å². The number of H-pyrrole nitrogens is 1. The Balaban J connectivity index is 1.84. The Morgan fingerprint density at radius 1 is 1.09 bits per heavy atom. The number of nitrogens with one attached hydrogen (secondary N) is 1. The molecule has 2 rings (SSSR count). The molecule has 1 aromatic carbocycles. The minimum Gasteiger partial charge on any atom is -0.376 e. The predicted molar refractivity (Wildman–Crippen MR) is 93.9 cm³/mol. The summed E-state index contributed by atoms with van der Waals surface area (Å²) in [6.45, 7) is 9.88. The van der Waals surface area contributed by atoms with Crippen molar-refractivity contribution < 1.29 is 9.47 Å². The van der Waals surface area contributed by atoms with Crippen molar-refractivity contribution in [3.05, 3.63) is 45.7 Å². The van der Waals surface area contributed by atoms with Crippen LogP contribution in [-0.2, 0) is 16.1 Å². The van der Waals surface area contributed by atoms with E-state index in [0.717, 1.165) is 41.6 Å². The standard InChI is InChI=1S/C19H27NO3/c1-14-17(13-22-11-7-8-12-23-19(2,3)4)20-16-10-6-5-9-15(16)18(14)21/h5-6,9-10H,7-8,11-13H2,1-4H3,(H,20,21). The van der Waals surface area contributed by atoms with Gasteiger partial charge in [-0.2, -0.15) is 0 Å². The van der Waals surface area contributed by atoms with Gasteiger partial charge in [0.2, 0.25) is 0 Å². The Bertz CT molecular complexity index is 698. The van der Waals surface area contributed by atoms with Gasteiger partial charge in [-0.3, -0.25) is 4.79 Å². The number of aromatic nitrogens is 1. The van der Waals surface area contributed by atoms with Crippen LogP contribution in [0.5, 0.6) is 0 Å². The topological polar surface area (TPSA) is 51.3 Å². The minimum atomic E-state index is -0.0808. The predicted octanol–water partition coefficient (Wildman–Crippen LogP) is 3.95. The van der Waals surface area contributed by atoms with Crippen LogP contribution in [0.1, 0.15) is 44.9 Å². The molecule has 1 heterocycles. The normalized spacial score (nSPS) is 12.0. The van der Waals surface area contributed by atoms with E-state index >= 15 is 0 Å². The van der Waals surface area contributed by atoms with Crippen LogP contribution in [0, 0.1) is 6.92 Å². The SMILES string of the molecule is Cc1c(COCCCCOC(C)(C)C)[nH]c2ccccc2c1=O. The van der Waals surface area contributed by atoms with Crippen LogP contribution in [0.4, 0.5) is 0 Å². The zero-order chi connectivity index (χ0) is 16.9. The van der Waals surface area contributed by atoms with E-state index in [1.807, 2.05) is 31.2 Å². The van der Waals surface area contributed by atoms with Gasteiger partial charge in [-0.05, 0) is 52.7 Å². The molecule has 0 amide bonds. The van der Waals surface area contributed by atoms with Gasteiger partial charge in [-0.15, -0.1) is 0 Å². The first-order chi connectivity index (χ1) is 10.9. The number of unbranched alkanes of at least 4 members (excludes halogenated alkanes) is 1. The lowest BCUT2D eigenvalue weighted by atomic mass is 10.1. The molecule has 0 saturated heterocycles. The summed E-state index contributed by atoms with van der Waals surface area (Å²) < 4.78 is 11.4. The number of benzene rings is 1. The molecule has 0 aliphatic heterocycles. The number of rotatable bonds is 7. The van der Waals surface area contributed by atoms with E-state index in [0.29, 0.717) is 13.2 Å². The number of ether oxygens (including phenoxy) is 2. The summed E-state index contributed by atoms with van der Waals surface area (Å²) in [5, 5.41) is 0.730. The fraction of sp³-hybridized carbons (Fsp3) is 0.526. The lowest BCUT2D eigenvalue weighted by Crippen LogP contribution is -2.19. The Labute approximate surface area is 137 Å². The summed E-state index contributed by atoms with van der Waals surface area (Å²) in [6, 6.07) is 7.57. The molecule has 0 unspecified atom stereocenters. The minimum absolute atomic E-state index is 0.0801. The number of pyridine rings is 1. The van der Waals surface area contributed by atoms with E-state index in [4.69, 9.17) is 9.47 Å². The summed E-state index contributed by atoms with van der Waals surface area (Å²) in [5.74, 6) is 0. The van der Waals surface area contributed by atoms with E-state index in [1.54, 1.807) is 0 Å². The monoisotopic (exact) mass is 317 g/mol. The first-order valence-corrected chi connectivity index (χ1v) is 8.21. The Morgan fingerprint density at radius 2 is 1.78 bits per heavy atom. The van der Waals surface area contributed by atoms with E-state index in [1.165, 1.54) is 0 Å². The van der Waals surface area contributed by atoms with Crippen LogP contribution in [0.2, 0.25) is 0 Å². The van der Waals surface area contributed by atoms with Crippen LogP contribution in [0.15, 0.2) is 29.1 Å². The van der Waals surface area contributed by atoms with Gasteiger partial charge in [0.05, 0.1) is 12.2 Å². The van der Waals surface area contributed by atoms with Gasteiger partial charge in [0.25, 0.3) is 0 Å². The molecule has 23 heavy (non-hydrogen) atoms. The molecule has 0 fully saturated rings. The molecule has 4 heteroatoms. The average molecular weight is 317 g/mol. The summed E-state index contributed by atoms with van der Waals surface area (Å²) >= 11 is 0. The number of para-hydroxylation sites is 1. The third-order valence-corrected chi connectivity index (χ3v) is 3.71. The molecule has 4 nitrogen and oxygen atoms in total. The van der Waals surface area contributed by atoms with E-state index < -0.39 is 0 Å². The second-order valence-electron chi connectivity index (χ2n) is 6.82. The quantitative estimate of drug-likeness (QED) is 0.787. The molecule has 0 saturated carbocycles. The highest BCUT2D eigenvalue weighted by molar-refractivity contribution is 5.79. The number of hydrogen-bond acceptors (Lipinski definition) is 3. The lowest BCUT2D eigenvalue weighted by molar-refractivity contribution is -0.00769. The zero-order valence-electron chi connectivity index (χ0n) is 14.6. The van der Waals surface area contributed by atoms with Gasteiger partial charge in [0.15, 0.2) is 5.43 Å². The second kappa shape index (κ2) is 7.75. The molecular formula is C19H27NO3. The third-order valence-electron chi connectivity index (χ3n) is 3.71. The maximum absolute atomic E-state index is 12.3. The summed E-state index contributed by atoms with van der Waals surface area (Å²) in [6.07, 6.45) is 1.93. The zero-order valence-corrected chi connectivity index (χ0v) is 14.6. The van der Waals surface area contributed by atoms with Crippen molar-refractivity contribution in [2.45, 2.75) is 52.7 Å². The molecule has 0 radical (unpaired) electrons. The Morgan fingerprint density at radius 3 is 2.52 bits per heavy atom. The van der Waals surface area contributed by atoms with E-state index in [-0.39, 0.29) is 11.0 Å². The summed E-state index contributed by atoms with van der Waals surface area (Å²) in [4.78, 5) is 15.6. The van der Waals surface area contributed by atoms with Crippen LogP contribution in [0.3, 0.4) is 0 Å². The van der Waals surface area contributed by atoms with Crippen molar-refractivity contribution in [2.75, 3.05) is 13.2 Å². The lowest BCUT2D eigenvalue weighted by Gasteiger charge is -2.19. The van der Waals surface area contributed by atoms with E-state index in [2.05, 4.69) is 25.8 Å². The highest BCUT2D eigenvalue weighted by Crippen LogP contribution is 2.12. The molecule has 0 bridgehead atoms. The number of hydrogen-bond donors (Lipinski definition) is 1. The van der Waals surface area contributed by atoms with Crippen molar-refractivity contribution in [2.24, 2.45) is 0 Å². The first kappa shape index (κ1) is 17.7. The molecule has 2 aromatic rings. The third kappa shape index (κ3) is 5.19. The van der Waals surface area contributed by atoms with Gasteiger partial charge >= 0.3 is 0 Å². The highest BCUT2D eigenvalue weighted by Gasteiger charge is 2.09. The van der Waals surface area contributed by atoms with Gasteiger partial charge in [-0.25, -0.2) is 0 Å². The van der Waals surface area contributed by atoms with Crippen molar-refractivity contribution in [1.82, 2.24) is 4.98 Å². The van der Waals surface area contributed by atoms with Crippen LogP contribution in [-0.4, -0.2) is 23.8 Å². The first-order valence-electron chi connectivity index (χ1n) is 8.21. The van der Waals surface area contributed by atoms with Crippen molar-refractivity contribution in [3.63, 3.8) is 0 Å². The smallest absolute Gasteiger partial charge is 0.192 e. The maximum Gasteiger partial charge on any atom is 0.192 e. The van der Waals surface area contributed by atoms with Gasteiger partial charge < -0.3 is 14.5 Å². The van der Waals surface area contributed by atoms with Gasteiger partial charge in [0.1, 0.15) is 0 Å². The van der Waals surface area contributed by atoms with Crippen LogP contribution in [0.25, 0.3) is 10.9 Å². The molecule has 1 aromatic heterocycles. The maximum atomic E-state index is 12.3. The molecule has 0 atom stereocenters. The summed E-state index contributed by atoms with van der Waals surface area (Å²) in [5.41, 5.74) is 2.46. The van der Waals surface area contributed by atoms with Gasteiger partial charge in [-0.1, -0.05) is 12.1 Å². The number of fused-ring (bicyclic) bond motifs is 1. The average Bonchev–Trinajstić information content (AvgIpc) is 2.50. The molecule has 0 spiro atoms. The fourth-order valence-corrected chi connectivity index (χ4v) is 2.39. The molecule has 0 aliphatic carbocycles. The Hall–Kier alpha value is -1.65. The van der Waals surface area contributed by atoms with Crippen molar-refractivity contribution in [3.8, 4) is 0 Å². The van der Waals surface area contributed by atoms with Crippen molar-refractivity contribution >= 4 is 10.9 Å². The van der Waals surface area contributed by atoms with Crippen molar-refractivity contribution in [1.29, 1.82) is 0 Å². The number of aromatic amines is 1. The Kier molecular flexibility index (Phi) is 5.97. The highest BCUT2D eigenvalue weighted by atomic mass is 16.5. The summed E-state index contributed by atoms with van der Waals surface area (Å²) in [7, 11) is 0. The largest absolute Gasteiger partial charge is 0.376 e. The van der Waals surface area contributed by atoms with Crippen LogP contribution < -0.4 is 5.43 Å². The second-order valence-corrected chi connectivity index (χ2v) is 6.82. The molecule has 0 aliphatic rings. The molecule has 126 valence electrons. The van der Waals surface area contributed by atoms with E-state index in [9.17, 15) is 4.79 Å². The molecular weight excluding hydrogens is 290 g/mol. The van der Waals surface area contributed by atoms with Crippen LogP contribution >= 0.6 is 0 Å².